The van der Waals surface area contributed by atoms with Crippen LogP contribution in [-0.4, -0.2) is 34.3 Å². The third-order valence-corrected chi connectivity index (χ3v) is 3.86. The van der Waals surface area contributed by atoms with E-state index in [-0.39, 0.29) is 29.8 Å². The van der Waals surface area contributed by atoms with E-state index in [0.717, 1.165) is 34.4 Å². The molecule has 3 aromatic rings. The largest absolute Gasteiger partial charge is 0.361 e. The van der Waals surface area contributed by atoms with E-state index < -0.39 is 0 Å². The van der Waals surface area contributed by atoms with Gasteiger partial charge in [-0.1, -0.05) is 0 Å². The number of aromatic nitrogens is 3. The normalized spacial score (nSPS) is 11.4. The molecule has 0 saturated heterocycles. The number of aliphatic imine (C=N–C) groups is 1. The maximum atomic E-state index is 13.4. The van der Waals surface area contributed by atoms with Crippen LogP contribution < -0.4 is 10.6 Å². The Morgan fingerprint density at radius 1 is 1.36 bits per heavy atom. The molecule has 0 aliphatic rings. The van der Waals surface area contributed by atoms with Gasteiger partial charge in [0.25, 0.3) is 0 Å². The number of H-pyrrole nitrogens is 1. The van der Waals surface area contributed by atoms with Crippen molar-refractivity contribution in [3.63, 3.8) is 0 Å². The molecule has 1 aromatic carbocycles. The Hall–Kier alpha value is -2.10. The highest BCUT2D eigenvalue weighted by molar-refractivity contribution is 14.0. The lowest BCUT2D eigenvalue weighted by atomic mass is 10.1. The number of aryl methyl sites for hydroxylation is 1. The van der Waals surface area contributed by atoms with Crippen LogP contribution in [-0.2, 0) is 20.0 Å². The van der Waals surface area contributed by atoms with Crippen LogP contribution in [0.5, 0.6) is 0 Å². The highest BCUT2D eigenvalue weighted by atomic mass is 127. The Balaban J connectivity index is 0.00000225. The van der Waals surface area contributed by atoms with Crippen molar-refractivity contribution < 1.29 is 4.39 Å². The van der Waals surface area contributed by atoms with Crippen molar-refractivity contribution in [3.05, 3.63) is 53.7 Å². The second-order valence-electron chi connectivity index (χ2n) is 5.63. The lowest BCUT2D eigenvalue weighted by Crippen LogP contribution is -2.37. The first kappa shape index (κ1) is 19.2. The molecule has 134 valence electrons. The summed E-state index contributed by atoms with van der Waals surface area (Å²) in [7, 11) is 3.63. The van der Waals surface area contributed by atoms with Crippen LogP contribution in [0, 0.1) is 5.82 Å². The fraction of sp³-hybridized carbons (Fsp3) is 0.294. The lowest BCUT2D eigenvalue weighted by molar-refractivity contribution is 0.629. The zero-order valence-electron chi connectivity index (χ0n) is 14.2. The number of rotatable bonds is 5. The third kappa shape index (κ3) is 4.94. The predicted molar refractivity (Wildman–Crippen MR) is 109 cm³/mol. The van der Waals surface area contributed by atoms with Crippen molar-refractivity contribution in [2.75, 3.05) is 13.6 Å². The average molecular weight is 456 g/mol. The second-order valence-corrected chi connectivity index (χ2v) is 5.63. The lowest BCUT2D eigenvalue weighted by Gasteiger charge is -2.10. The first-order valence-electron chi connectivity index (χ1n) is 7.83. The fourth-order valence-electron chi connectivity index (χ4n) is 2.64. The van der Waals surface area contributed by atoms with Crippen LogP contribution in [0.4, 0.5) is 4.39 Å². The maximum absolute atomic E-state index is 13.4. The Labute approximate surface area is 162 Å². The molecule has 0 aliphatic carbocycles. The van der Waals surface area contributed by atoms with Crippen LogP contribution in [0.3, 0.4) is 0 Å². The molecule has 25 heavy (non-hydrogen) atoms. The van der Waals surface area contributed by atoms with Crippen molar-refractivity contribution in [3.8, 4) is 0 Å². The van der Waals surface area contributed by atoms with Crippen LogP contribution in [0.15, 0.2) is 41.8 Å². The first-order valence-corrected chi connectivity index (χ1v) is 7.83. The predicted octanol–water partition coefficient (Wildman–Crippen LogP) is 2.57. The van der Waals surface area contributed by atoms with Crippen molar-refractivity contribution in [1.29, 1.82) is 0 Å². The molecule has 0 saturated carbocycles. The molecule has 0 bridgehead atoms. The number of guanidine groups is 1. The van der Waals surface area contributed by atoms with Crippen LogP contribution in [0.25, 0.3) is 10.9 Å². The molecule has 8 heteroatoms. The van der Waals surface area contributed by atoms with E-state index in [0.29, 0.717) is 13.1 Å². The number of hydrogen-bond donors (Lipinski definition) is 3. The summed E-state index contributed by atoms with van der Waals surface area (Å²) in [5.41, 5.74) is 3.12. The van der Waals surface area contributed by atoms with E-state index >= 15 is 0 Å². The van der Waals surface area contributed by atoms with Crippen molar-refractivity contribution in [2.24, 2.45) is 12.0 Å². The SMILES string of the molecule is CN=C(NCCc1c[nH]c2ccc(F)cc12)NCc1cnn(C)c1.I. The summed E-state index contributed by atoms with van der Waals surface area (Å²) >= 11 is 0. The fourth-order valence-corrected chi connectivity index (χ4v) is 2.64. The standard InChI is InChI=1S/C17H21FN6.HI/c1-19-17(22-8-12-9-23-24(2)11-12)20-6-5-13-10-21-16-4-3-14(18)7-15(13)16;/h3-4,7,9-11,21H,5-6,8H2,1-2H3,(H2,19,20,22);1H. The number of nitrogens with zero attached hydrogens (tertiary/aromatic N) is 3. The summed E-state index contributed by atoms with van der Waals surface area (Å²) in [5, 5.41) is 11.6. The van der Waals surface area contributed by atoms with E-state index in [2.05, 4.69) is 25.7 Å². The molecule has 6 nitrogen and oxygen atoms in total. The molecule has 2 heterocycles. The molecule has 0 atom stereocenters. The van der Waals surface area contributed by atoms with Crippen LogP contribution in [0.1, 0.15) is 11.1 Å². The Morgan fingerprint density at radius 3 is 2.92 bits per heavy atom. The van der Waals surface area contributed by atoms with Gasteiger partial charge in [-0.15, -0.1) is 24.0 Å². The third-order valence-electron chi connectivity index (χ3n) is 3.86. The maximum Gasteiger partial charge on any atom is 0.191 e. The van der Waals surface area contributed by atoms with Gasteiger partial charge in [0.15, 0.2) is 5.96 Å². The number of aromatic amines is 1. The molecule has 0 amide bonds. The van der Waals surface area contributed by atoms with Gasteiger partial charge in [-0.2, -0.15) is 5.10 Å². The number of nitrogens with one attached hydrogen (secondary N) is 3. The minimum absolute atomic E-state index is 0. The number of halogens is 2. The Kier molecular flexibility index (Phi) is 6.80. The van der Waals surface area contributed by atoms with Gasteiger partial charge in [-0.05, 0) is 30.2 Å². The topological polar surface area (TPSA) is 70.0 Å². The molecule has 3 rings (SSSR count). The molecule has 0 fully saturated rings. The van der Waals surface area contributed by atoms with E-state index in [1.807, 2.05) is 25.6 Å². The van der Waals surface area contributed by atoms with Gasteiger partial charge >= 0.3 is 0 Å². The van der Waals surface area contributed by atoms with Crippen LogP contribution in [0.2, 0.25) is 0 Å². The molecular formula is C17H22FIN6. The van der Waals surface area contributed by atoms with E-state index in [1.165, 1.54) is 6.07 Å². The number of hydrogen-bond acceptors (Lipinski definition) is 2. The quantitative estimate of drug-likeness (QED) is 0.314. The van der Waals surface area contributed by atoms with Gasteiger partial charge in [0, 0.05) is 56.0 Å². The molecule has 0 radical (unpaired) electrons. The van der Waals surface area contributed by atoms with Gasteiger partial charge in [0.1, 0.15) is 5.82 Å². The van der Waals surface area contributed by atoms with Gasteiger partial charge in [-0.3, -0.25) is 9.67 Å². The van der Waals surface area contributed by atoms with Crippen LogP contribution >= 0.6 is 24.0 Å². The van der Waals surface area contributed by atoms with E-state index in [9.17, 15) is 4.39 Å². The van der Waals surface area contributed by atoms with Crippen molar-refractivity contribution >= 4 is 40.8 Å². The van der Waals surface area contributed by atoms with E-state index in [1.54, 1.807) is 23.9 Å². The zero-order chi connectivity index (χ0) is 16.9. The average Bonchev–Trinajstić information content (AvgIpc) is 3.17. The summed E-state index contributed by atoms with van der Waals surface area (Å²) in [5.74, 6) is 0.509. The molecular weight excluding hydrogens is 434 g/mol. The van der Waals surface area contributed by atoms with Gasteiger partial charge in [0.2, 0.25) is 0 Å². The number of benzene rings is 1. The molecule has 0 spiro atoms. The first-order chi connectivity index (χ1) is 11.7. The summed E-state index contributed by atoms with van der Waals surface area (Å²) in [6.07, 6.45) is 6.48. The van der Waals surface area contributed by atoms with E-state index in [4.69, 9.17) is 0 Å². The highest BCUT2D eigenvalue weighted by Crippen LogP contribution is 2.19. The smallest absolute Gasteiger partial charge is 0.191 e. The molecule has 3 N–H and O–H groups in total. The molecule has 0 aliphatic heterocycles. The Bertz CT molecular complexity index is 854. The molecule has 0 unspecified atom stereocenters. The monoisotopic (exact) mass is 456 g/mol. The minimum atomic E-state index is -0.217. The molecule has 2 aromatic heterocycles. The Morgan fingerprint density at radius 2 is 2.20 bits per heavy atom. The summed E-state index contributed by atoms with van der Waals surface area (Å²) in [6, 6.07) is 4.79. The highest BCUT2D eigenvalue weighted by Gasteiger charge is 2.05. The number of fused-ring (bicyclic) bond motifs is 1. The van der Waals surface area contributed by atoms with Gasteiger partial charge < -0.3 is 15.6 Å². The summed E-state index contributed by atoms with van der Waals surface area (Å²) in [6.45, 7) is 1.36. The van der Waals surface area contributed by atoms with Crippen molar-refractivity contribution in [1.82, 2.24) is 25.4 Å². The van der Waals surface area contributed by atoms with Gasteiger partial charge in [-0.25, -0.2) is 4.39 Å². The second kappa shape index (κ2) is 8.84. The minimum Gasteiger partial charge on any atom is -0.361 e. The zero-order valence-corrected chi connectivity index (χ0v) is 16.5. The summed E-state index contributed by atoms with van der Waals surface area (Å²) in [4.78, 5) is 7.37. The van der Waals surface area contributed by atoms with Gasteiger partial charge in [0.05, 0.1) is 6.20 Å². The van der Waals surface area contributed by atoms with Crippen molar-refractivity contribution in [2.45, 2.75) is 13.0 Å². The summed E-state index contributed by atoms with van der Waals surface area (Å²) < 4.78 is 15.2.